The third-order valence-corrected chi connectivity index (χ3v) is 7.02. The summed E-state index contributed by atoms with van der Waals surface area (Å²) < 4.78 is 135. The van der Waals surface area contributed by atoms with Crippen molar-refractivity contribution in [2.45, 2.75) is 77.4 Å². The van der Waals surface area contributed by atoms with Gasteiger partial charge < -0.3 is 14.4 Å². The Kier molecular flexibility index (Phi) is 10.2. The number of alkyl halides is 9. The zero-order valence-electron chi connectivity index (χ0n) is 24.6. The van der Waals surface area contributed by atoms with Crippen LogP contribution in [0.15, 0.2) is 30.3 Å². The van der Waals surface area contributed by atoms with E-state index in [1.165, 1.54) is 21.0 Å². The Bertz CT molecular complexity index is 1420. The van der Waals surface area contributed by atoms with Gasteiger partial charge in [-0.1, -0.05) is 0 Å². The summed E-state index contributed by atoms with van der Waals surface area (Å²) in [6.07, 6.45) is -17.6. The molecule has 0 saturated heterocycles. The van der Waals surface area contributed by atoms with Gasteiger partial charge in [-0.05, 0) is 68.7 Å². The Balaban J connectivity index is 2.28. The van der Waals surface area contributed by atoms with Crippen molar-refractivity contribution in [3.05, 3.63) is 63.7 Å². The highest BCUT2D eigenvalue weighted by Crippen LogP contribution is 2.45. The van der Waals surface area contributed by atoms with E-state index in [0.29, 0.717) is 31.2 Å². The Morgan fingerprint density at radius 1 is 0.911 bits per heavy atom. The van der Waals surface area contributed by atoms with Crippen LogP contribution in [0.3, 0.4) is 0 Å². The molecule has 2 aromatic rings. The van der Waals surface area contributed by atoms with Gasteiger partial charge in [0.25, 0.3) is 0 Å². The number of fused-ring (bicyclic) bond motifs is 1. The lowest BCUT2D eigenvalue weighted by Crippen LogP contribution is -2.50. The van der Waals surface area contributed by atoms with Crippen molar-refractivity contribution in [3.63, 3.8) is 0 Å². The number of benzene rings is 2. The quantitative estimate of drug-likeness (QED) is 0.225. The molecule has 1 aliphatic rings. The minimum atomic E-state index is -5.40. The molecular weight excluding hydrogens is 627 g/mol. The number of hydrogen-bond acceptors (Lipinski definition) is 5. The summed E-state index contributed by atoms with van der Waals surface area (Å²) in [4.78, 5) is 39.9. The van der Waals surface area contributed by atoms with E-state index < -0.39 is 88.9 Å². The number of anilines is 1. The molecule has 1 aliphatic heterocycles. The van der Waals surface area contributed by atoms with Crippen LogP contribution >= 0.6 is 0 Å². The summed E-state index contributed by atoms with van der Waals surface area (Å²) in [7, 11) is 1.26. The van der Waals surface area contributed by atoms with Crippen molar-refractivity contribution in [3.8, 4) is 0 Å². The molecule has 2 amide bonds. The predicted octanol–water partition coefficient (Wildman–Crippen LogP) is 7.81. The molecule has 0 aromatic heterocycles. The van der Waals surface area contributed by atoms with Crippen LogP contribution in [0.5, 0.6) is 0 Å². The van der Waals surface area contributed by atoms with Gasteiger partial charge in [-0.2, -0.15) is 39.5 Å². The summed E-state index contributed by atoms with van der Waals surface area (Å²) in [5.41, 5.74) is -7.61. The summed E-state index contributed by atoms with van der Waals surface area (Å²) in [5.74, 6) is -2.41. The van der Waals surface area contributed by atoms with E-state index in [9.17, 15) is 53.9 Å². The fraction of sp³-hybridized carbons (Fsp3) is 0.483. The Morgan fingerprint density at radius 3 is 1.89 bits per heavy atom. The normalized spacial score (nSPS) is 17.3. The second-order valence-electron chi connectivity index (χ2n) is 10.7. The first-order valence-electron chi connectivity index (χ1n) is 13.4. The molecule has 16 heteroatoms. The van der Waals surface area contributed by atoms with Crippen molar-refractivity contribution in [2.75, 3.05) is 18.6 Å². The Labute approximate surface area is 251 Å². The predicted molar refractivity (Wildman–Crippen MR) is 141 cm³/mol. The van der Waals surface area contributed by atoms with Crippen LogP contribution in [0.25, 0.3) is 0 Å². The molecule has 0 saturated carbocycles. The first kappa shape index (κ1) is 35.7. The third-order valence-electron chi connectivity index (χ3n) is 7.02. The van der Waals surface area contributed by atoms with Gasteiger partial charge >= 0.3 is 24.6 Å². The largest absolute Gasteiger partial charge is 0.446 e. The zero-order valence-corrected chi connectivity index (χ0v) is 24.6. The lowest BCUT2D eigenvalue weighted by molar-refractivity contribution is -0.144. The van der Waals surface area contributed by atoms with E-state index in [-0.39, 0.29) is 24.3 Å². The molecule has 0 aliphatic carbocycles. The van der Waals surface area contributed by atoms with Gasteiger partial charge in [-0.25, -0.2) is 4.79 Å². The van der Waals surface area contributed by atoms with Gasteiger partial charge in [-0.3, -0.25) is 14.5 Å². The second kappa shape index (κ2) is 12.9. The number of methoxy groups -OCH3 is 1. The number of ketones is 1. The van der Waals surface area contributed by atoms with Gasteiger partial charge in [0.05, 0.1) is 47.2 Å². The second-order valence-corrected chi connectivity index (χ2v) is 10.7. The molecule has 1 heterocycles. The van der Waals surface area contributed by atoms with Gasteiger partial charge in [0, 0.05) is 26.1 Å². The van der Waals surface area contributed by atoms with Crippen molar-refractivity contribution < 1.29 is 63.4 Å². The van der Waals surface area contributed by atoms with E-state index in [1.807, 2.05) is 0 Å². The number of rotatable bonds is 7. The number of halogens is 9. The number of carbonyl (C=O) groups is 3. The molecule has 0 bridgehead atoms. The first-order chi connectivity index (χ1) is 20.6. The highest BCUT2D eigenvalue weighted by atomic mass is 19.4. The average Bonchev–Trinajstić information content (AvgIpc) is 2.88. The smallest absolute Gasteiger partial charge is 0.417 e. The van der Waals surface area contributed by atoms with Gasteiger partial charge in [0.1, 0.15) is 0 Å². The van der Waals surface area contributed by atoms with E-state index in [0.717, 1.165) is 22.8 Å². The zero-order chi connectivity index (χ0) is 34.2. The molecule has 45 heavy (non-hydrogen) atoms. The topological polar surface area (TPSA) is 76.2 Å². The SMILES string of the molecule is COCC1CC(N(Cc2cc(C(F)(F)F)c(C(C)=O)c(C(F)(F)F)c2)C(C)=O)c2cc(C(F)(F)F)ccc2N1C(=O)OC(C)C. The van der Waals surface area contributed by atoms with Crippen molar-refractivity contribution in [2.24, 2.45) is 0 Å². The fourth-order valence-corrected chi connectivity index (χ4v) is 5.30. The van der Waals surface area contributed by atoms with Gasteiger partial charge in [0.15, 0.2) is 5.78 Å². The summed E-state index contributed by atoms with van der Waals surface area (Å²) in [6.45, 7) is 3.41. The Hall–Kier alpha value is -3.82. The van der Waals surface area contributed by atoms with Crippen molar-refractivity contribution >= 4 is 23.5 Å². The highest BCUT2D eigenvalue weighted by molar-refractivity contribution is 5.97. The average molecular weight is 657 g/mol. The number of amides is 2. The van der Waals surface area contributed by atoms with Gasteiger partial charge in [0.2, 0.25) is 5.91 Å². The van der Waals surface area contributed by atoms with Crippen molar-refractivity contribution in [1.29, 1.82) is 0 Å². The van der Waals surface area contributed by atoms with Crippen LogP contribution in [-0.2, 0) is 39.3 Å². The molecule has 2 unspecified atom stereocenters. The molecular formula is C29H29F9N2O5. The number of nitrogens with zero attached hydrogens (tertiary/aromatic N) is 2. The van der Waals surface area contributed by atoms with E-state index in [2.05, 4.69) is 0 Å². The molecule has 2 atom stereocenters. The van der Waals surface area contributed by atoms with Crippen LogP contribution in [0.1, 0.15) is 78.3 Å². The van der Waals surface area contributed by atoms with Crippen LogP contribution in [0, 0.1) is 0 Å². The third kappa shape index (κ3) is 7.89. The number of ether oxygens (including phenoxy) is 2. The molecule has 2 aromatic carbocycles. The first-order valence-corrected chi connectivity index (χ1v) is 13.4. The number of hydrogen-bond donors (Lipinski definition) is 0. The van der Waals surface area contributed by atoms with Crippen LogP contribution in [0.4, 0.5) is 50.0 Å². The molecule has 248 valence electrons. The lowest BCUT2D eigenvalue weighted by Gasteiger charge is -2.44. The number of Topliss-reactive ketones (excluding diaryl/α,β-unsaturated/α-hetero) is 1. The summed E-state index contributed by atoms with van der Waals surface area (Å²) in [5, 5.41) is 0. The van der Waals surface area contributed by atoms with Crippen LogP contribution in [0.2, 0.25) is 0 Å². The summed E-state index contributed by atoms with van der Waals surface area (Å²) >= 11 is 0. The van der Waals surface area contributed by atoms with Crippen molar-refractivity contribution in [1.82, 2.24) is 4.90 Å². The van der Waals surface area contributed by atoms with E-state index in [4.69, 9.17) is 9.47 Å². The van der Waals surface area contributed by atoms with Gasteiger partial charge in [-0.15, -0.1) is 0 Å². The molecule has 0 N–H and O–H groups in total. The maximum Gasteiger partial charge on any atom is 0.417 e. The van der Waals surface area contributed by atoms with E-state index >= 15 is 0 Å². The highest BCUT2D eigenvalue weighted by Gasteiger charge is 2.45. The number of carbonyl (C=O) groups excluding carboxylic acids is 3. The molecule has 0 fully saturated rings. The Morgan fingerprint density at radius 2 is 1.47 bits per heavy atom. The van der Waals surface area contributed by atoms with Crippen LogP contribution < -0.4 is 4.90 Å². The standard InChI is InChI=1S/C29H29F9N2O5/c1-14(2)45-26(43)40-19(13-44-5)11-24(20-10-18(27(30,31)32)6-7-23(20)40)39(16(4)42)12-17-8-21(28(33,34)35)25(15(3)41)22(9-17)29(36,37)38/h6-10,14,19,24H,11-13H2,1-5H3. The maximum atomic E-state index is 13.9. The molecule has 0 radical (unpaired) electrons. The minimum absolute atomic E-state index is 0.128. The monoisotopic (exact) mass is 656 g/mol. The minimum Gasteiger partial charge on any atom is -0.446 e. The molecule has 7 nitrogen and oxygen atoms in total. The maximum absolute atomic E-state index is 13.9. The van der Waals surface area contributed by atoms with E-state index in [1.54, 1.807) is 0 Å². The summed E-state index contributed by atoms with van der Waals surface area (Å²) in [6, 6.07) is 0.569. The van der Waals surface area contributed by atoms with Crippen LogP contribution in [-0.4, -0.2) is 48.5 Å². The molecule has 0 spiro atoms. The molecule has 3 rings (SSSR count). The lowest BCUT2D eigenvalue weighted by atomic mass is 9.88. The fourth-order valence-electron chi connectivity index (χ4n) is 5.30.